The molecule has 1 aliphatic carbocycles. The molecule has 2 N–H and O–H groups in total. The molecule has 0 saturated heterocycles. The minimum atomic E-state index is -0.359. The van der Waals surface area contributed by atoms with Gasteiger partial charge in [0.1, 0.15) is 0 Å². The average molecular weight is 251 g/mol. The van der Waals surface area contributed by atoms with E-state index in [1.807, 2.05) is 20.8 Å². The van der Waals surface area contributed by atoms with Gasteiger partial charge in [0.25, 0.3) is 0 Å². The molecule has 17 heavy (non-hydrogen) atoms. The second-order valence-electron chi connectivity index (χ2n) is 6.60. The van der Waals surface area contributed by atoms with Gasteiger partial charge in [0, 0.05) is 10.3 Å². The smallest absolute Gasteiger partial charge is 0.171 e. The molecular weight excluding hydrogens is 230 g/mol. The zero-order valence-corrected chi connectivity index (χ0v) is 12.1. The third kappa shape index (κ3) is 1.90. The quantitative estimate of drug-likeness (QED) is 0.772. The Bertz CT molecular complexity index is 477. The number of hydrogen-bond donors (Lipinski definition) is 1. The molecule has 94 valence electrons. The van der Waals surface area contributed by atoms with Crippen molar-refractivity contribution in [3.63, 3.8) is 0 Å². The van der Waals surface area contributed by atoms with Crippen LogP contribution in [0.4, 0.5) is 5.00 Å². The van der Waals surface area contributed by atoms with Crippen LogP contribution in [-0.4, -0.2) is 5.78 Å². The van der Waals surface area contributed by atoms with Gasteiger partial charge in [-0.1, -0.05) is 34.6 Å². The lowest BCUT2D eigenvalue weighted by Crippen LogP contribution is -2.25. The van der Waals surface area contributed by atoms with Gasteiger partial charge in [-0.05, 0) is 23.8 Å². The monoisotopic (exact) mass is 251 g/mol. The van der Waals surface area contributed by atoms with E-state index in [1.54, 1.807) is 11.3 Å². The fourth-order valence-electron chi connectivity index (χ4n) is 2.54. The Kier molecular flexibility index (Phi) is 2.66. The van der Waals surface area contributed by atoms with E-state index >= 15 is 0 Å². The summed E-state index contributed by atoms with van der Waals surface area (Å²) in [6.07, 6.45) is 2.19. The van der Waals surface area contributed by atoms with Crippen molar-refractivity contribution in [3.05, 3.63) is 16.0 Å². The van der Waals surface area contributed by atoms with Crippen LogP contribution in [0.1, 0.15) is 61.8 Å². The summed E-state index contributed by atoms with van der Waals surface area (Å²) in [6, 6.07) is 0. The Morgan fingerprint density at radius 1 is 1.35 bits per heavy atom. The van der Waals surface area contributed by atoms with Crippen LogP contribution in [0.15, 0.2) is 0 Å². The Labute approximate surface area is 107 Å². The van der Waals surface area contributed by atoms with Gasteiger partial charge >= 0.3 is 0 Å². The third-order valence-corrected chi connectivity index (χ3v) is 4.65. The number of thiophene rings is 1. The molecule has 3 heteroatoms. The molecule has 0 amide bonds. The normalized spacial score (nSPS) is 18.2. The lowest BCUT2D eigenvalue weighted by atomic mass is 9.79. The highest BCUT2D eigenvalue weighted by atomic mass is 32.1. The van der Waals surface area contributed by atoms with Gasteiger partial charge < -0.3 is 5.73 Å². The third-order valence-electron chi connectivity index (χ3n) is 3.57. The number of Topliss-reactive ketones (excluding diaryl/α,β-unsaturated/α-hetero) is 1. The summed E-state index contributed by atoms with van der Waals surface area (Å²) in [5.41, 5.74) is 7.83. The Hall–Kier alpha value is -0.830. The predicted octanol–water partition coefficient (Wildman–Crippen LogP) is 3.78. The van der Waals surface area contributed by atoms with Crippen molar-refractivity contribution in [2.45, 2.75) is 52.9 Å². The van der Waals surface area contributed by atoms with Crippen molar-refractivity contribution in [2.24, 2.45) is 5.41 Å². The first-order chi connectivity index (χ1) is 7.64. The first-order valence-corrected chi connectivity index (χ1v) is 6.92. The van der Waals surface area contributed by atoms with Crippen molar-refractivity contribution < 1.29 is 4.79 Å². The summed E-state index contributed by atoms with van der Waals surface area (Å²) in [6.45, 7) is 10.3. The first-order valence-electron chi connectivity index (χ1n) is 6.11. The van der Waals surface area contributed by atoms with Crippen LogP contribution in [0.25, 0.3) is 0 Å². The number of rotatable bonds is 1. The highest BCUT2D eigenvalue weighted by Gasteiger charge is 2.39. The van der Waals surface area contributed by atoms with Crippen LogP contribution in [-0.2, 0) is 11.8 Å². The van der Waals surface area contributed by atoms with Crippen LogP contribution >= 0.6 is 11.3 Å². The molecular formula is C14H21NOS. The number of nitrogens with two attached hydrogens (primary N) is 1. The number of hydrogen-bond acceptors (Lipinski definition) is 3. The maximum Gasteiger partial charge on any atom is 0.171 e. The van der Waals surface area contributed by atoms with Crippen molar-refractivity contribution in [3.8, 4) is 0 Å². The van der Waals surface area contributed by atoms with Crippen LogP contribution in [0.5, 0.6) is 0 Å². The van der Waals surface area contributed by atoms with Gasteiger partial charge in [-0.2, -0.15) is 0 Å². The van der Waals surface area contributed by atoms with Gasteiger partial charge in [0.2, 0.25) is 0 Å². The molecule has 0 atom stereocenters. The van der Waals surface area contributed by atoms with Gasteiger partial charge in [-0.3, -0.25) is 4.79 Å². The number of fused-ring (bicyclic) bond motifs is 1. The van der Waals surface area contributed by atoms with Gasteiger partial charge in [-0.25, -0.2) is 0 Å². The maximum absolute atomic E-state index is 12.5. The summed E-state index contributed by atoms with van der Waals surface area (Å²) in [5.74, 6) is 0.183. The topological polar surface area (TPSA) is 43.1 Å². The second kappa shape index (κ2) is 3.58. The summed E-state index contributed by atoms with van der Waals surface area (Å²) in [5, 5.41) is 0.711. The highest BCUT2D eigenvalue weighted by Crippen LogP contribution is 2.48. The second-order valence-corrected chi connectivity index (χ2v) is 7.74. The molecule has 1 aliphatic rings. The largest absolute Gasteiger partial charge is 0.390 e. The Balaban J connectivity index is 2.61. The molecule has 2 nitrogen and oxygen atoms in total. The summed E-state index contributed by atoms with van der Waals surface area (Å²) in [4.78, 5) is 13.8. The number of anilines is 1. The molecule has 0 spiro atoms. The molecule has 1 aromatic rings. The van der Waals surface area contributed by atoms with E-state index in [2.05, 4.69) is 13.8 Å². The van der Waals surface area contributed by atoms with Crippen molar-refractivity contribution in [1.82, 2.24) is 0 Å². The molecule has 0 saturated carbocycles. The lowest BCUT2D eigenvalue weighted by molar-refractivity contribution is 0.0857. The van der Waals surface area contributed by atoms with E-state index in [4.69, 9.17) is 5.73 Å². The number of carbonyl (C=O) groups is 1. The molecule has 1 aromatic heterocycles. The van der Waals surface area contributed by atoms with Crippen LogP contribution in [0.3, 0.4) is 0 Å². The Morgan fingerprint density at radius 2 is 1.94 bits per heavy atom. The fourth-order valence-corrected chi connectivity index (χ4v) is 3.79. The van der Waals surface area contributed by atoms with E-state index in [0.29, 0.717) is 5.00 Å². The van der Waals surface area contributed by atoms with Gasteiger partial charge in [0.05, 0.1) is 10.6 Å². The molecule has 0 radical (unpaired) electrons. The zero-order chi connectivity index (χ0) is 13.0. The average Bonchev–Trinajstić information content (AvgIpc) is 2.62. The first kappa shape index (κ1) is 12.6. The lowest BCUT2D eigenvalue weighted by Gasteiger charge is -2.23. The van der Waals surface area contributed by atoms with Gasteiger partial charge in [0.15, 0.2) is 5.78 Å². The summed E-state index contributed by atoms with van der Waals surface area (Å²) < 4.78 is 0. The van der Waals surface area contributed by atoms with Gasteiger partial charge in [-0.15, -0.1) is 11.3 Å². The maximum atomic E-state index is 12.5. The van der Waals surface area contributed by atoms with Crippen molar-refractivity contribution >= 4 is 22.1 Å². The summed E-state index contributed by atoms with van der Waals surface area (Å²) in [7, 11) is 0. The van der Waals surface area contributed by atoms with E-state index < -0.39 is 0 Å². The minimum Gasteiger partial charge on any atom is -0.390 e. The molecule has 0 fully saturated rings. The fraction of sp³-hybridized carbons (Fsp3) is 0.643. The Morgan fingerprint density at radius 3 is 2.47 bits per heavy atom. The SMILES string of the molecule is CC(C)(C)C(=O)c1c(N)sc2c1C(C)(C)CC2. The highest BCUT2D eigenvalue weighted by molar-refractivity contribution is 7.16. The molecule has 0 unspecified atom stereocenters. The van der Waals surface area contributed by atoms with E-state index in [-0.39, 0.29) is 16.6 Å². The summed E-state index contributed by atoms with van der Waals surface area (Å²) >= 11 is 1.61. The predicted molar refractivity (Wildman–Crippen MR) is 73.9 cm³/mol. The number of ketones is 1. The van der Waals surface area contributed by atoms with E-state index in [1.165, 1.54) is 10.4 Å². The molecule has 0 aromatic carbocycles. The molecule has 0 aliphatic heterocycles. The number of aryl methyl sites for hydroxylation is 1. The van der Waals surface area contributed by atoms with Crippen molar-refractivity contribution in [1.29, 1.82) is 0 Å². The van der Waals surface area contributed by atoms with E-state index in [9.17, 15) is 4.79 Å². The zero-order valence-electron chi connectivity index (χ0n) is 11.3. The standard InChI is InChI=1S/C14H21NOS/c1-13(2,3)11(16)9-10-8(17-12(9)15)6-7-14(10,4)5/h6-7,15H2,1-5H3. The number of carbonyl (C=O) groups excluding carboxylic acids is 1. The molecule has 2 rings (SSSR count). The minimum absolute atomic E-state index is 0.0969. The van der Waals surface area contributed by atoms with E-state index in [0.717, 1.165) is 18.4 Å². The van der Waals surface area contributed by atoms with Crippen LogP contribution in [0, 0.1) is 5.41 Å². The van der Waals surface area contributed by atoms with Crippen LogP contribution < -0.4 is 5.73 Å². The molecule has 0 bridgehead atoms. The number of nitrogen functional groups attached to an aromatic ring is 1. The van der Waals surface area contributed by atoms with Crippen LogP contribution in [0.2, 0.25) is 0 Å². The van der Waals surface area contributed by atoms with Crippen molar-refractivity contribution in [2.75, 3.05) is 5.73 Å². The molecule has 1 heterocycles.